The van der Waals surface area contributed by atoms with E-state index in [0.29, 0.717) is 10.7 Å². The number of alkyl halides is 2. The molecule has 0 radical (unpaired) electrons. The van der Waals surface area contributed by atoms with Gasteiger partial charge in [-0.25, -0.2) is 9.78 Å². The first-order valence-electron chi connectivity index (χ1n) is 3.02. The summed E-state index contributed by atoms with van der Waals surface area (Å²) in [4.78, 5) is 14.7. The molecule has 0 fully saturated rings. The minimum absolute atomic E-state index is 0.106. The summed E-state index contributed by atoms with van der Waals surface area (Å²) in [7, 11) is 0. The Morgan fingerprint density at radius 3 is 2.50 bits per heavy atom. The fourth-order valence-corrected chi connectivity index (χ4v) is 1.98. The van der Waals surface area contributed by atoms with Gasteiger partial charge < -0.3 is 5.11 Å². The van der Waals surface area contributed by atoms with Crippen LogP contribution in [0.2, 0.25) is 0 Å². The first-order chi connectivity index (χ1) is 5.69. The number of hydrogen-bond donors (Lipinski definition) is 1. The number of carboxylic acid groups (broad SMARTS) is 1. The van der Waals surface area contributed by atoms with E-state index in [-0.39, 0.29) is 16.6 Å². The molecule has 6 heteroatoms. The van der Waals surface area contributed by atoms with E-state index in [9.17, 15) is 4.79 Å². The van der Waals surface area contributed by atoms with Gasteiger partial charge in [0.25, 0.3) is 0 Å². The number of thiazole rings is 1. The van der Waals surface area contributed by atoms with Crippen LogP contribution in [0.3, 0.4) is 0 Å². The minimum atomic E-state index is -1.00. The number of hydrogen-bond acceptors (Lipinski definition) is 3. The Bertz CT molecular complexity index is 300. The Labute approximate surface area is 82.9 Å². The summed E-state index contributed by atoms with van der Waals surface area (Å²) in [5, 5.41) is 9.26. The number of rotatable bonds is 3. The molecule has 3 nitrogen and oxygen atoms in total. The maximum absolute atomic E-state index is 10.6. The van der Waals surface area contributed by atoms with Gasteiger partial charge in [-0.1, -0.05) is 0 Å². The zero-order chi connectivity index (χ0) is 9.14. The normalized spacial score (nSPS) is 10.2. The zero-order valence-electron chi connectivity index (χ0n) is 5.88. The summed E-state index contributed by atoms with van der Waals surface area (Å²) in [6, 6.07) is 0. The largest absolute Gasteiger partial charge is 0.477 e. The molecule has 0 bridgehead atoms. The van der Waals surface area contributed by atoms with Gasteiger partial charge in [0.2, 0.25) is 0 Å². The molecular formula is C6H5Cl2NO2S. The molecular weight excluding hydrogens is 221 g/mol. The van der Waals surface area contributed by atoms with Crippen molar-refractivity contribution in [2.45, 2.75) is 11.8 Å². The number of aromatic nitrogens is 1. The molecule has 0 aliphatic rings. The lowest BCUT2D eigenvalue weighted by molar-refractivity contribution is 0.0701. The highest BCUT2D eigenvalue weighted by atomic mass is 35.5. The summed E-state index contributed by atoms with van der Waals surface area (Å²) in [6.45, 7) is 0. The lowest BCUT2D eigenvalue weighted by Crippen LogP contribution is -1.96. The number of carbonyl (C=O) groups is 1. The van der Waals surface area contributed by atoms with Gasteiger partial charge >= 0.3 is 5.97 Å². The van der Waals surface area contributed by atoms with Gasteiger partial charge in [-0.05, 0) is 0 Å². The topological polar surface area (TPSA) is 50.2 Å². The molecule has 1 heterocycles. The molecule has 0 unspecified atom stereocenters. The van der Waals surface area contributed by atoms with E-state index < -0.39 is 5.97 Å². The third kappa shape index (κ3) is 1.88. The summed E-state index contributed by atoms with van der Waals surface area (Å²) in [5.74, 6) is -0.670. The fourth-order valence-electron chi connectivity index (χ4n) is 0.716. The number of halogens is 2. The molecule has 0 aliphatic heterocycles. The van der Waals surface area contributed by atoms with Crippen molar-refractivity contribution in [3.05, 3.63) is 15.6 Å². The second kappa shape index (κ2) is 4.07. The lowest BCUT2D eigenvalue weighted by Gasteiger charge is -1.88. The second-order valence-corrected chi connectivity index (χ2v) is 3.57. The van der Waals surface area contributed by atoms with Crippen LogP contribution in [0.1, 0.15) is 20.4 Å². The van der Waals surface area contributed by atoms with E-state index in [1.165, 1.54) is 0 Å². The van der Waals surface area contributed by atoms with Crippen molar-refractivity contribution in [2.24, 2.45) is 0 Å². The molecule has 0 atom stereocenters. The van der Waals surface area contributed by atoms with E-state index in [0.717, 1.165) is 11.3 Å². The van der Waals surface area contributed by atoms with Crippen LogP contribution >= 0.6 is 34.5 Å². The molecule has 0 saturated carbocycles. The maximum atomic E-state index is 10.6. The minimum Gasteiger partial charge on any atom is -0.477 e. The Balaban J connectivity index is 3.08. The van der Waals surface area contributed by atoms with Crippen LogP contribution in [0.4, 0.5) is 0 Å². The van der Waals surface area contributed by atoms with E-state index in [1.54, 1.807) is 0 Å². The Kier molecular flexibility index (Phi) is 3.31. The fraction of sp³-hybridized carbons (Fsp3) is 0.333. The molecule has 66 valence electrons. The quantitative estimate of drug-likeness (QED) is 0.804. The van der Waals surface area contributed by atoms with Crippen molar-refractivity contribution < 1.29 is 9.90 Å². The molecule has 0 saturated heterocycles. The highest BCUT2D eigenvalue weighted by Gasteiger charge is 2.15. The number of aromatic carboxylic acids is 1. The lowest BCUT2D eigenvalue weighted by atomic mass is 10.4. The van der Waals surface area contributed by atoms with Gasteiger partial charge in [-0.15, -0.1) is 34.5 Å². The average Bonchev–Trinajstić information content (AvgIpc) is 2.47. The molecule has 1 aromatic heterocycles. The van der Waals surface area contributed by atoms with Crippen LogP contribution in [-0.4, -0.2) is 16.1 Å². The Hall–Kier alpha value is -0.320. The summed E-state index contributed by atoms with van der Waals surface area (Å²) in [6.07, 6.45) is 0. The third-order valence-corrected chi connectivity index (χ3v) is 2.93. The molecule has 0 aliphatic carbocycles. The maximum Gasteiger partial charge on any atom is 0.347 e. The van der Waals surface area contributed by atoms with Gasteiger partial charge in [0.05, 0.1) is 17.5 Å². The van der Waals surface area contributed by atoms with E-state index >= 15 is 0 Å². The molecule has 1 aromatic rings. The summed E-state index contributed by atoms with van der Waals surface area (Å²) < 4.78 is 0. The standard InChI is InChI=1S/C6H5Cl2NO2S/c7-1-3-5(6(10)11)12-4(2-8)9-3/h1-2H2,(H,10,11). The van der Waals surface area contributed by atoms with Gasteiger partial charge in [0.1, 0.15) is 9.88 Å². The number of nitrogens with zero attached hydrogens (tertiary/aromatic N) is 1. The smallest absolute Gasteiger partial charge is 0.347 e. The first-order valence-corrected chi connectivity index (χ1v) is 4.91. The Morgan fingerprint density at radius 1 is 1.50 bits per heavy atom. The highest BCUT2D eigenvalue weighted by Crippen LogP contribution is 2.21. The van der Waals surface area contributed by atoms with Crippen LogP contribution in [0.15, 0.2) is 0 Å². The molecule has 1 rings (SSSR count). The first kappa shape index (κ1) is 9.77. The SMILES string of the molecule is O=C(O)c1sc(CCl)nc1CCl. The average molecular weight is 226 g/mol. The van der Waals surface area contributed by atoms with Gasteiger partial charge in [-0.2, -0.15) is 0 Å². The third-order valence-electron chi connectivity index (χ3n) is 1.18. The summed E-state index contributed by atoms with van der Waals surface area (Å²) >= 11 is 12.0. The van der Waals surface area contributed by atoms with Crippen molar-refractivity contribution in [1.29, 1.82) is 0 Å². The van der Waals surface area contributed by atoms with E-state index in [2.05, 4.69) is 4.98 Å². The van der Waals surface area contributed by atoms with Crippen molar-refractivity contribution in [2.75, 3.05) is 0 Å². The summed E-state index contributed by atoms with van der Waals surface area (Å²) in [5.41, 5.74) is 0.393. The van der Waals surface area contributed by atoms with E-state index in [4.69, 9.17) is 28.3 Å². The molecule has 0 aromatic carbocycles. The van der Waals surface area contributed by atoms with E-state index in [1.807, 2.05) is 0 Å². The highest BCUT2D eigenvalue weighted by molar-refractivity contribution is 7.13. The van der Waals surface area contributed by atoms with Crippen LogP contribution in [-0.2, 0) is 11.8 Å². The van der Waals surface area contributed by atoms with Gasteiger partial charge in [0.15, 0.2) is 0 Å². The van der Waals surface area contributed by atoms with Crippen LogP contribution < -0.4 is 0 Å². The van der Waals surface area contributed by atoms with Gasteiger partial charge in [0, 0.05) is 0 Å². The van der Waals surface area contributed by atoms with Crippen LogP contribution in [0, 0.1) is 0 Å². The monoisotopic (exact) mass is 225 g/mol. The molecule has 0 spiro atoms. The van der Waals surface area contributed by atoms with Crippen LogP contribution in [0.5, 0.6) is 0 Å². The van der Waals surface area contributed by atoms with Crippen molar-refractivity contribution in [1.82, 2.24) is 4.98 Å². The van der Waals surface area contributed by atoms with Crippen molar-refractivity contribution >= 4 is 40.5 Å². The second-order valence-electron chi connectivity index (χ2n) is 1.96. The molecule has 1 N–H and O–H groups in total. The zero-order valence-corrected chi connectivity index (χ0v) is 8.21. The van der Waals surface area contributed by atoms with Crippen molar-refractivity contribution in [3.8, 4) is 0 Å². The van der Waals surface area contributed by atoms with Gasteiger partial charge in [-0.3, -0.25) is 0 Å². The predicted octanol–water partition coefficient (Wildman–Crippen LogP) is 2.32. The number of carboxylic acids is 1. The Morgan fingerprint density at radius 2 is 2.17 bits per heavy atom. The van der Waals surface area contributed by atoms with Crippen LogP contribution in [0.25, 0.3) is 0 Å². The predicted molar refractivity (Wildman–Crippen MR) is 48.2 cm³/mol. The van der Waals surface area contributed by atoms with Crippen molar-refractivity contribution in [3.63, 3.8) is 0 Å². The molecule has 12 heavy (non-hydrogen) atoms. The molecule has 0 amide bonds.